The topological polar surface area (TPSA) is 63.2 Å². The molecular weight excluding hydrogens is 330 g/mol. The maximum atomic E-state index is 12.6. The molecule has 134 valence electrons. The third-order valence-electron chi connectivity index (χ3n) is 4.61. The summed E-state index contributed by atoms with van der Waals surface area (Å²) < 4.78 is 11.1. The van der Waals surface area contributed by atoms with Crippen molar-refractivity contribution < 1.29 is 14.3 Å². The molecule has 6 heteroatoms. The smallest absolute Gasteiger partial charge is 0.338 e. The van der Waals surface area contributed by atoms with E-state index in [4.69, 9.17) is 14.6 Å². The van der Waals surface area contributed by atoms with Crippen molar-refractivity contribution in [2.75, 3.05) is 13.3 Å². The Morgan fingerprint density at radius 2 is 1.96 bits per heavy atom. The summed E-state index contributed by atoms with van der Waals surface area (Å²) in [7, 11) is 0. The number of nitrogens with one attached hydrogen (secondary N) is 1. The maximum absolute atomic E-state index is 12.6. The Kier molecular flexibility index (Phi) is 4.24. The second-order valence-corrected chi connectivity index (χ2v) is 6.36. The molecule has 0 bridgehead atoms. The minimum atomic E-state index is -0.205. The molecule has 4 rings (SSSR count). The lowest BCUT2D eigenvalue weighted by Crippen LogP contribution is -2.41. The van der Waals surface area contributed by atoms with Crippen molar-refractivity contribution in [2.45, 2.75) is 26.3 Å². The molecule has 2 aliphatic rings. The quantitative estimate of drug-likeness (QED) is 0.918. The lowest BCUT2D eigenvalue weighted by atomic mass is 9.91. The van der Waals surface area contributed by atoms with Crippen LogP contribution in [0.3, 0.4) is 0 Å². The van der Waals surface area contributed by atoms with Crippen LogP contribution < -0.4 is 14.8 Å². The van der Waals surface area contributed by atoms with Gasteiger partial charge in [0.15, 0.2) is 11.5 Å². The number of hydrogen-bond donors (Lipinski definition) is 1. The minimum absolute atomic E-state index is 0.198. The van der Waals surface area contributed by atoms with Gasteiger partial charge in [-0.2, -0.15) is 5.10 Å². The number of benzene rings is 2. The van der Waals surface area contributed by atoms with E-state index < -0.39 is 0 Å². The fraction of sp³-hybridized carbons (Fsp3) is 0.300. The van der Waals surface area contributed by atoms with Crippen LogP contribution in [0.2, 0.25) is 0 Å². The van der Waals surface area contributed by atoms with Crippen LogP contribution in [0.4, 0.5) is 4.79 Å². The minimum Gasteiger partial charge on any atom is -0.454 e. The zero-order valence-electron chi connectivity index (χ0n) is 14.9. The van der Waals surface area contributed by atoms with E-state index in [0.29, 0.717) is 18.0 Å². The first-order valence-electron chi connectivity index (χ1n) is 8.84. The third-order valence-corrected chi connectivity index (χ3v) is 4.61. The van der Waals surface area contributed by atoms with Gasteiger partial charge in [-0.1, -0.05) is 37.3 Å². The van der Waals surface area contributed by atoms with Gasteiger partial charge in [-0.3, -0.25) is 0 Å². The van der Waals surface area contributed by atoms with Crippen molar-refractivity contribution in [1.82, 2.24) is 10.3 Å². The molecule has 1 unspecified atom stereocenters. The number of carbonyl (C=O) groups excluding carboxylic acids is 1. The van der Waals surface area contributed by atoms with Gasteiger partial charge in [0, 0.05) is 17.7 Å². The van der Waals surface area contributed by atoms with E-state index in [1.807, 2.05) is 56.3 Å². The average Bonchev–Trinajstić information content (AvgIpc) is 3.13. The SMILES string of the molecule is CCCNC(=O)N1N=C(c2ccccc2)c2cc3c(cc2C1C)OCO3. The molecule has 6 nitrogen and oxygen atoms in total. The predicted molar refractivity (Wildman–Crippen MR) is 98.6 cm³/mol. The van der Waals surface area contributed by atoms with Gasteiger partial charge >= 0.3 is 6.03 Å². The van der Waals surface area contributed by atoms with Gasteiger partial charge in [0.05, 0.1) is 11.8 Å². The van der Waals surface area contributed by atoms with E-state index in [2.05, 4.69) is 5.32 Å². The molecule has 1 N–H and O–H groups in total. The van der Waals surface area contributed by atoms with Gasteiger partial charge in [-0.05, 0) is 31.0 Å². The second kappa shape index (κ2) is 6.71. The molecule has 0 saturated carbocycles. The van der Waals surface area contributed by atoms with E-state index >= 15 is 0 Å². The lowest BCUT2D eigenvalue weighted by molar-refractivity contribution is 0.173. The van der Waals surface area contributed by atoms with Crippen molar-refractivity contribution in [1.29, 1.82) is 0 Å². The van der Waals surface area contributed by atoms with Crippen LogP contribution >= 0.6 is 0 Å². The summed E-state index contributed by atoms with van der Waals surface area (Å²) >= 11 is 0. The molecule has 0 saturated heterocycles. The Morgan fingerprint density at radius 1 is 1.23 bits per heavy atom. The first-order valence-corrected chi connectivity index (χ1v) is 8.84. The Labute approximate surface area is 152 Å². The highest BCUT2D eigenvalue weighted by atomic mass is 16.7. The molecule has 1 atom stereocenters. The van der Waals surface area contributed by atoms with Gasteiger partial charge in [-0.15, -0.1) is 0 Å². The fourth-order valence-electron chi connectivity index (χ4n) is 3.23. The number of hydrazone groups is 1. The molecule has 0 aromatic heterocycles. The van der Waals surface area contributed by atoms with Crippen LogP contribution in [-0.2, 0) is 0 Å². The molecule has 2 heterocycles. The van der Waals surface area contributed by atoms with Crippen LogP contribution in [0.1, 0.15) is 43.0 Å². The standard InChI is InChI=1S/C20H21N3O3/c1-3-9-21-20(24)23-13(2)15-10-17-18(26-12-25-17)11-16(15)19(22-23)14-7-5-4-6-8-14/h4-8,10-11,13H,3,9,12H2,1-2H3,(H,21,24). The highest BCUT2D eigenvalue weighted by molar-refractivity contribution is 6.15. The highest BCUT2D eigenvalue weighted by Crippen LogP contribution is 2.41. The summed E-state index contributed by atoms with van der Waals surface area (Å²) in [5.41, 5.74) is 3.67. The van der Waals surface area contributed by atoms with Gasteiger partial charge in [0.1, 0.15) is 0 Å². The van der Waals surface area contributed by atoms with Crippen LogP contribution in [-0.4, -0.2) is 30.1 Å². The normalized spacial score (nSPS) is 17.5. The molecule has 0 fully saturated rings. The Morgan fingerprint density at radius 3 is 2.69 bits per heavy atom. The summed E-state index contributed by atoms with van der Waals surface area (Å²) in [6, 6.07) is 13.4. The molecule has 0 radical (unpaired) electrons. The molecule has 2 amide bonds. The largest absolute Gasteiger partial charge is 0.454 e. The van der Waals surface area contributed by atoms with Crippen molar-refractivity contribution in [2.24, 2.45) is 5.10 Å². The first-order chi connectivity index (χ1) is 12.7. The van der Waals surface area contributed by atoms with Crippen molar-refractivity contribution in [3.05, 3.63) is 59.2 Å². The van der Waals surface area contributed by atoms with Crippen LogP contribution in [0.15, 0.2) is 47.6 Å². The van der Waals surface area contributed by atoms with E-state index in [1.165, 1.54) is 5.01 Å². The van der Waals surface area contributed by atoms with Gasteiger partial charge < -0.3 is 14.8 Å². The average molecular weight is 351 g/mol. The van der Waals surface area contributed by atoms with Crippen LogP contribution in [0, 0.1) is 0 Å². The summed E-state index contributed by atoms with van der Waals surface area (Å²) in [6.07, 6.45) is 0.874. The molecule has 0 aliphatic carbocycles. The number of carbonyl (C=O) groups is 1. The number of ether oxygens (including phenoxy) is 2. The molecule has 2 aliphatic heterocycles. The summed E-state index contributed by atoms with van der Waals surface area (Å²) in [5, 5.41) is 9.12. The number of nitrogens with zero attached hydrogens (tertiary/aromatic N) is 2. The summed E-state index contributed by atoms with van der Waals surface area (Å²) in [4.78, 5) is 12.6. The number of urea groups is 1. The number of fused-ring (bicyclic) bond motifs is 2. The van der Waals surface area contributed by atoms with E-state index in [0.717, 1.165) is 28.8 Å². The third kappa shape index (κ3) is 2.77. The van der Waals surface area contributed by atoms with Gasteiger partial charge in [0.2, 0.25) is 6.79 Å². The zero-order chi connectivity index (χ0) is 18.1. The number of rotatable bonds is 3. The highest BCUT2D eigenvalue weighted by Gasteiger charge is 2.32. The second-order valence-electron chi connectivity index (χ2n) is 6.36. The van der Waals surface area contributed by atoms with Crippen LogP contribution in [0.25, 0.3) is 0 Å². The molecule has 2 aromatic carbocycles. The molecular formula is C20H21N3O3. The van der Waals surface area contributed by atoms with Crippen molar-refractivity contribution in [3.8, 4) is 11.5 Å². The predicted octanol–water partition coefficient (Wildman–Crippen LogP) is 3.66. The van der Waals surface area contributed by atoms with E-state index in [-0.39, 0.29) is 18.9 Å². The van der Waals surface area contributed by atoms with Gasteiger partial charge in [0.25, 0.3) is 0 Å². The molecule has 26 heavy (non-hydrogen) atoms. The first kappa shape index (κ1) is 16.4. The molecule has 2 aromatic rings. The Hall–Kier alpha value is -3.02. The van der Waals surface area contributed by atoms with Gasteiger partial charge in [-0.25, -0.2) is 9.80 Å². The lowest BCUT2D eigenvalue weighted by Gasteiger charge is -2.32. The van der Waals surface area contributed by atoms with E-state index in [9.17, 15) is 4.79 Å². The van der Waals surface area contributed by atoms with Crippen molar-refractivity contribution >= 4 is 11.7 Å². The summed E-state index contributed by atoms with van der Waals surface area (Å²) in [5.74, 6) is 1.42. The van der Waals surface area contributed by atoms with E-state index in [1.54, 1.807) is 0 Å². The maximum Gasteiger partial charge on any atom is 0.338 e. The number of amides is 2. The zero-order valence-corrected chi connectivity index (χ0v) is 14.9. The fourth-order valence-corrected chi connectivity index (χ4v) is 3.23. The number of hydrogen-bond acceptors (Lipinski definition) is 4. The summed E-state index contributed by atoms with van der Waals surface area (Å²) in [6.45, 7) is 4.82. The Bertz CT molecular complexity index is 864. The van der Waals surface area contributed by atoms with Crippen LogP contribution in [0.5, 0.6) is 11.5 Å². The van der Waals surface area contributed by atoms with Crippen molar-refractivity contribution in [3.63, 3.8) is 0 Å². The Balaban J connectivity index is 1.83. The monoisotopic (exact) mass is 351 g/mol. The molecule has 0 spiro atoms.